The number of thiophene rings is 1. The number of likely N-dealkylation sites (N-methyl/N-ethyl adjacent to an activating group) is 1. The van der Waals surface area contributed by atoms with E-state index in [4.69, 9.17) is 0 Å². The Kier molecular flexibility index (Phi) is 5.07. The normalized spacial score (nSPS) is 9.93. The van der Waals surface area contributed by atoms with Crippen molar-refractivity contribution in [2.45, 2.75) is 6.54 Å². The van der Waals surface area contributed by atoms with E-state index >= 15 is 0 Å². The molecule has 0 aliphatic rings. The molecular formula is C11H16N2OS. The van der Waals surface area contributed by atoms with Gasteiger partial charge in [0, 0.05) is 20.1 Å². The molecule has 0 aliphatic carbocycles. The van der Waals surface area contributed by atoms with Gasteiger partial charge in [-0.15, -0.1) is 6.58 Å². The molecular weight excluding hydrogens is 208 g/mol. The monoisotopic (exact) mass is 224 g/mol. The lowest BCUT2D eigenvalue weighted by Gasteiger charge is -2.16. The zero-order chi connectivity index (χ0) is 11.1. The van der Waals surface area contributed by atoms with Crippen molar-refractivity contribution in [3.8, 4) is 0 Å². The van der Waals surface area contributed by atoms with E-state index in [1.807, 2.05) is 18.5 Å². The molecule has 1 amide bonds. The van der Waals surface area contributed by atoms with E-state index in [0.29, 0.717) is 19.6 Å². The molecule has 1 heterocycles. The second-order valence-electron chi connectivity index (χ2n) is 3.30. The van der Waals surface area contributed by atoms with E-state index < -0.39 is 0 Å². The van der Waals surface area contributed by atoms with E-state index in [-0.39, 0.29) is 5.91 Å². The summed E-state index contributed by atoms with van der Waals surface area (Å²) < 4.78 is 0. The fourth-order valence-corrected chi connectivity index (χ4v) is 1.82. The molecule has 0 aliphatic heterocycles. The predicted molar refractivity (Wildman–Crippen MR) is 63.9 cm³/mol. The third-order valence-electron chi connectivity index (χ3n) is 1.99. The zero-order valence-corrected chi connectivity index (χ0v) is 9.72. The standard InChI is InChI=1S/C11H16N2OS/c1-3-5-12-7-11(14)13(2)8-10-4-6-15-9-10/h3-4,6,9,12H,1,5,7-8H2,2H3. The van der Waals surface area contributed by atoms with Gasteiger partial charge in [-0.1, -0.05) is 6.08 Å². The van der Waals surface area contributed by atoms with Crippen molar-refractivity contribution in [2.24, 2.45) is 0 Å². The highest BCUT2D eigenvalue weighted by molar-refractivity contribution is 7.07. The predicted octanol–water partition coefficient (Wildman–Crippen LogP) is 1.48. The molecule has 0 spiro atoms. The quantitative estimate of drug-likeness (QED) is 0.586. The van der Waals surface area contributed by atoms with Crippen molar-refractivity contribution in [2.75, 3.05) is 20.1 Å². The fraction of sp³-hybridized carbons (Fsp3) is 0.364. The lowest BCUT2D eigenvalue weighted by molar-refractivity contribution is -0.129. The number of carbonyl (C=O) groups excluding carboxylic acids is 1. The highest BCUT2D eigenvalue weighted by Gasteiger charge is 2.07. The maximum atomic E-state index is 11.6. The highest BCUT2D eigenvalue weighted by atomic mass is 32.1. The Hall–Kier alpha value is -1.13. The molecule has 4 heteroatoms. The molecule has 1 aromatic heterocycles. The molecule has 1 aromatic rings. The molecule has 15 heavy (non-hydrogen) atoms. The first-order valence-corrected chi connectivity index (χ1v) is 5.75. The van der Waals surface area contributed by atoms with Gasteiger partial charge in [-0.2, -0.15) is 11.3 Å². The Labute approximate surface area is 94.4 Å². The van der Waals surface area contributed by atoms with E-state index in [0.717, 1.165) is 0 Å². The van der Waals surface area contributed by atoms with Crippen molar-refractivity contribution in [1.29, 1.82) is 0 Å². The second kappa shape index (κ2) is 6.37. The van der Waals surface area contributed by atoms with Crippen LogP contribution in [0.15, 0.2) is 29.5 Å². The van der Waals surface area contributed by atoms with Crippen LogP contribution < -0.4 is 5.32 Å². The summed E-state index contributed by atoms with van der Waals surface area (Å²) in [7, 11) is 1.82. The number of hydrogen-bond donors (Lipinski definition) is 1. The summed E-state index contributed by atoms with van der Waals surface area (Å²) in [5.74, 6) is 0.100. The van der Waals surface area contributed by atoms with Crippen LogP contribution in [0.4, 0.5) is 0 Å². The van der Waals surface area contributed by atoms with Gasteiger partial charge in [-0.05, 0) is 22.4 Å². The maximum absolute atomic E-state index is 11.6. The Morgan fingerprint density at radius 3 is 3.13 bits per heavy atom. The van der Waals surface area contributed by atoms with E-state index in [2.05, 4.69) is 17.3 Å². The third kappa shape index (κ3) is 4.27. The van der Waals surface area contributed by atoms with Gasteiger partial charge in [0.15, 0.2) is 0 Å². The van der Waals surface area contributed by atoms with Gasteiger partial charge in [-0.25, -0.2) is 0 Å². The van der Waals surface area contributed by atoms with Gasteiger partial charge < -0.3 is 10.2 Å². The van der Waals surface area contributed by atoms with E-state index in [1.165, 1.54) is 5.56 Å². The van der Waals surface area contributed by atoms with Crippen LogP contribution in [0.25, 0.3) is 0 Å². The SMILES string of the molecule is C=CCNCC(=O)N(C)Cc1ccsc1. The van der Waals surface area contributed by atoms with Crippen LogP contribution in [-0.4, -0.2) is 30.9 Å². The number of nitrogens with zero attached hydrogens (tertiary/aromatic N) is 1. The average Bonchev–Trinajstić information content (AvgIpc) is 2.70. The molecule has 0 fully saturated rings. The van der Waals surface area contributed by atoms with Crippen molar-refractivity contribution in [1.82, 2.24) is 10.2 Å². The Morgan fingerprint density at radius 2 is 2.53 bits per heavy atom. The molecule has 0 saturated heterocycles. The molecule has 0 aromatic carbocycles. The third-order valence-corrected chi connectivity index (χ3v) is 2.72. The van der Waals surface area contributed by atoms with Crippen LogP contribution in [-0.2, 0) is 11.3 Å². The average molecular weight is 224 g/mol. The molecule has 82 valence electrons. The van der Waals surface area contributed by atoms with Crippen LogP contribution in [0.2, 0.25) is 0 Å². The molecule has 0 bridgehead atoms. The molecule has 3 nitrogen and oxygen atoms in total. The van der Waals surface area contributed by atoms with Gasteiger partial charge in [0.05, 0.1) is 6.54 Å². The minimum atomic E-state index is 0.100. The topological polar surface area (TPSA) is 32.3 Å². The highest BCUT2D eigenvalue weighted by Crippen LogP contribution is 2.08. The number of nitrogens with one attached hydrogen (secondary N) is 1. The molecule has 1 rings (SSSR count). The Bertz CT molecular complexity index is 308. The largest absolute Gasteiger partial charge is 0.340 e. The first-order valence-electron chi connectivity index (χ1n) is 4.80. The summed E-state index contributed by atoms with van der Waals surface area (Å²) >= 11 is 1.65. The first kappa shape index (κ1) is 11.9. The molecule has 0 unspecified atom stereocenters. The van der Waals surface area contributed by atoms with Crippen LogP contribution in [0.5, 0.6) is 0 Å². The summed E-state index contributed by atoms with van der Waals surface area (Å²) in [6, 6.07) is 2.03. The van der Waals surface area contributed by atoms with Crippen molar-refractivity contribution < 1.29 is 4.79 Å². The number of hydrogen-bond acceptors (Lipinski definition) is 3. The molecule has 1 N–H and O–H groups in total. The smallest absolute Gasteiger partial charge is 0.236 e. The molecule has 0 atom stereocenters. The lowest BCUT2D eigenvalue weighted by atomic mass is 10.3. The second-order valence-corrected chi connectivity index (χ2v) is 4.08. The van der Waals surface area contributed by atoms with Crippen LogP contribution in [0, 0.1) is 0 Å². The first-order chi connectivity index (χ1) is 7.24. The number of amides is 1. The van der Waals surface area contributed by atoms with Crippen LogP contribution in [0.1, 0.15) is 5.56 Å². The van der Waals surface area contributed by atoms with Gasteiger partial charge in [0.2, 0.25) is 5.91 Å². The maximum Gasteiger partial charge on any atom is 0.236 e. The van der Waals surface area contributed by atoms with E-state index in [1.54, 1.807) is 22.3 Å². The zero-order valence-electron chi connectivity index (χ0n) is 8.90. The Morgan fingerprint density at radius 1 is 1.73 bits per heavy atom. The summed E-state index contributed by atoms with van der Waals surface area (Å²) in [6.45, 7) is 5.29. The van der Waals surface area contributed by atoms with Gasteiger partial charge >= 0.3 is 0 Å². The summed E-state index contributed by atoms with van der Waals surface area (Å²) in [4.78, 5) is 13.3. The van der Waals surface area contributed by atoms with Gasteiger partial charge in [-0.3, -0.25) is 4.79 Å². The van der Waals surface area contributed by atoms with Crippen LogP contribution >= 0.6 is 11.3 Å². The summed E-state index contributed by atoms with van der Waals surface area (Å²) in [6.07, 6.45) is 1.74. The van der Waals surface area contributed by atoms with Crippen molar-refractivity contribution in [3.05, 3.63) is 35.0 Å². The molecule has 0 radical (unpaired) electrons. The number of carbonyl (C=O) groups is 1. The van der Waals surface area contributed by atoms with Gasteiger partial charge in [0.25, 0.3) is 0 Å². The van der Waals surface area contributed by atoms with Crippen molar-refractivity contribution in [3.63, 3.8) is 0 Å². The molecule has 0 saturated carbocycles. The van der Waals surface area contributed by atoms with E-state index in [9.17, 15) is 4.79 Å². The Balaban J connectivity index is 2.30. The minimum Gasteiger partial charge on any atom is -0.340 e. The minimum absolute atomic E-state index is 0.100. The fourth-order valence-electron chi connectivity index (χ4n) is 1.16. The summed E-state index contributed by atoms with van der Waals surface area (Å²) in [5.41, 5.74) is 1.18. The number of rotatable bonds is 6. The van der Waals surface area contributed by atoms with Crippen LogP contribution in [0.3, 0.4) is 0 Å². The lowest BCUT2D eigenvalue weighted by Crippen LogP contribution is -2.35. The summed E-state index contributed by atoms with van der Waals surface area (Å²) in [5, 5.41) is 7.06. The van der Waals surface area contributed by atoms with Gasteiger partial charge in [0.1, 0.15) is 0 Å². The van der Waals surface area contributed by atoms with Crippen molar-refractivity contribution >= 4 is 17.2 Å².